The average molecular weight is 218 g/mol. The number of rotatable bonds is 3. The molecule has 2 nitrogen and oxygen atoms in total. The first-order chi connectivity index (χ1) is 7.29. The molecule has 0 radical (unpaired) electrons. The zero-order valence-electron chi connectivity index (χ0n) is 8.73. The molecule has 0 saturated carbocycles. The lowest BCUT2D eigenvalue weighted by Crippen LogP contribution is -1.82. The van der Waals surface area contributed by atoms with Crippen LogP contribution in [-0.2, 0) is 6.42 Å². The zero-order valence-corrected chi connectivity index (χ0v) is 9.55. The summed E-state index contributed by atoms with van der Waals surface area (Å²) in [5, 5.41) is 1.21. The van der Waals surface area contributed by atoms with Gasteiger partial charge in [0.2, 0.25) is 0 Å². The van der Waals surface area contributed by atoms with E-state index in [2.05, 4.69) is 11.9 Å². The summed E-state index contributed by atoms with van der Waals surface area (Å²) in [5.41, 5.74) is 7.65. The second-order valence-corrected chi connectivity index (χ2v) is 4.61. The first kappa shape index (κ1) is 10.2. The van der Waals surface area contributed by atoms with Gasteiger partial charge >= 0.3 is 0 Å². The van der Waals surface area contributed by atoms with Crippen molar-refractivity contribution in [3.63, 3.8) is 0 Å². The number of hydrogen-bond acceptors (Lipinski definition) is 3. The fourth-order valence-electron chi connectivity index (χ4n) is 1.42. The number of aromatic nitrogens is 1. The first-order valence-corrected chi connectivity index (χ1v) is 5.92. The van der Waals surface area contributed by atoms with E-state index in [9.17, 15) is 0 Å². The molecular formula is C12H14N2S. The highest BCUT2D eigenvalue weighted by atomic mass is 32.1. The highest BCUT2D eigenvalue weighted by molar-refractivity contribution is 7.15. The molecule has 1 aromatic heterocycles. The molecule has 3 heteroatoms. The molecule has 0 spiro atoms. The van der Waals surface area contributed by atoms with E-state index < -0.39 is 0 Å². The van der Waals surface area contributed by atoms with Gasteiger partial charge in [-0.3, -0.25) is 0 Å². The van der Waals surface area contributed by atoms with Crippen molar-refractivity contribution in [1.82, 2.24) is 4.98 Å². The quantitative estimate of drug-likeness (QED) is 0.802. The SMILES string of the molecule is CCCc1ncc(-c2ccc(N)cc2)s1. The number of anilines is 1. The Labute approximate surface area is 93.8 Å². The van der Waals surface area contributed by atoms with Crippen LogP contribution in [0.1, 0.15) is 18.4 Å². The molecule has 2 rings (SSSR count). The van der Waals surface area contributed by atoms with E-state index in [1.54, 1.807) is 11.3 Å². The van der Waals surface area contributed by atoms with Crippen LogP contribution in [0.25, 0.3) is 10.4 Å². The van der Waals surface area contributed by atoms with E-state index in [-0.39, 0.29) is 0 Å². The maximum absolute atomic E-state index is 5.65. The lowest BCUT2D eigenvalue weighted by Gasteiger charge is -1.96. The molecule has 0 aliphatic rings. The predicted octanol–water partition coefficient (Wildman–Crippen LogP) is 3.34. The molecule has 2 N–H and O–H groups in total. The lowest BCUT2D eigenvalue weighted by atomic mass is 10.2. The normalized spacial score (nSPS) is 10.5. The summed E-state index contributed by atoms with van der Waals surface area (Å²) < 4.78 is 0. The van der Waals surface area contributed by atoms with Gasteiger partial charge in [-0.1, -0.05) is 19.1 Å². The van der Waals surface area contributed by atoms with Crippen LogP contribution in [0.15, 0.2) is 30.5 Å². The minimum atomic E-state index is 0.803. The van der Waals surface area contributed by atoms with Gasteiger partial charge in [-0.25, -0.2) is 4.98 Å². The van der Waals surface area contributed by atoms with Crippen molar-refractivity contribution >= 4 is 17.0 Å². The topological polar surface area (TPSA) is 38.9 Å². The highest BCUT2D eigenvalue weighted by Crippen LogP contribution is 2.27. The molecule has 0 unspecified atom stereocenters. The fourth-order valence-corrected chi connectivity index (χ4v) is 2.45. The van der Waals surface area contributed by atoms with Gasteiger partial charge in [0, 0.05) is 11.9 Å². The molecule has 78 valence electrons. The second-order valence-electron chi connectivity index (χ2n) is 3.49. The first-order valence-electron chi connectivity index (χ1n) is 5.10. The van der Waals surface area contributed by atoms with Crippen LogP contribution in [0, 0.1) is 0 Å². The van der Waals surface area contributed by atoms with Crippen molar-refractivity contribution in [3.8, 4) is 10.4 Å². The van der Waals surface area contributed by atoms with Crippen molar-refractivity contribution < 1.29 is 0 Å². The van der Waals surface area contributed by atoms with Gasteiger partial charge in [-0.05, 0) is 30.5 Å². The zero-order chi connectivity index (χ0) is 10.7. The van der Waals surface area contributed by atoms with Gasteiger partial charge in [0.25, 0.3) is 0 Å². The highest BCUT2D eigenvalue weighted by Gasteiger charge is 2.03. The van der Waals surface area contributed by atoms with Gasteiger partial charge in [-0.15, -0.1) is 11.3 Å². The number of nitrogens with zero attached hydrogens (tertiary/aromatic N) is 1. The van der Waals surface area contributed by atoms with E-state index in [1.165, 1.54) is 15.4 Å². The van der Waals surface area contributed by atoms with Gasteiger partial charge in [0.15, 0.2) is 0 Å². The van der Waals surface area contributed by atoms with E-state index in [1.807, 2.05) is 30.5 Å². The van der Waals surface area contributed by atoms with Crippen molar-refractivity contribution in [1.29, 1.82) is 0 Å². The molecule has 0 fully saturated rings. The Balaban J connectivity index is 2.25. The molecule has 1 aromatic carbocycles. The molecule has 0 aliphatic carbocycles. The molecule has 0 saturated heterocycles. The van der Waals surface area contributed by atoms with Crippen LogP contribution in [0.4, 0.5) is 5.69 Å². The molecule has 0 amide bonds. The molecule has 0 atom stereocenters. The number of nitrogen functional groups attached to an aromatic ring is 1. The third-order valence-corrected chi connectivity index (χ3v) is 3.32. The summed E-state index contributed by atoms with van der Waals surface area (Å²) in [6, 6.07) is 7.93. The van der Waals surface area contributed by atoms with Crippen molar-refractivity contribution in [3.05, 3.63) is 35.5 Å². The van der Waals surface area contributed by atoms with E-state index >= 15 is 0 Å². The maximum Gasteiger partial charge on any atom is 0.0931 e. The van der Waals surface area contributed by atoms with Crippen LogP contribution in [0.2, 0.25) is 0 Å². The summed E-state index contributed by atoms with van der Waals surface area (Å²) in [6.07, 6.45) is 4.16. The molecular weight excluding hydrogens is 204 g/mol. The third-order valence-electron chi connectivity index (χ3n) is 2.21. The number of benzene rings is 1. The minimum absolute atomic E-state index is 0.803. The Morgan fingerprint density at radius 1 is 1.27 bits per heavy atom. The number of aryl methyl sites for hydroxylation is 1. The van der Waals surface area contributed by atoms with Crippen LogP contribution in [0.5, 0.6) is 0 Å². The van der Waals surface area contributed by atoms with Crippen LogP contribution >= 0.6 is 11.3 Å². The summed E-state index contributed by atoms with van der Waals surface area (Å²) in [5.74, 6) is 0. The fraction of sp³-hybridized carbons (Fsp3) is 0.250. The average Bonchev–Trinajstić information content (AvgIpc) is 2.68. The largest absolute Gasteiger partial charge is 0.399 e. The molecule has 15 heavy (non-hydrogen) atoms. The molecule has 2 aromatic rings. The Morgan fingerprint density at radius 3 is 2.67 bits per heavy atom. The Morgan fingerprint density at radius 2 is 2.00 bits per heavy atom. The lowest BCUT2D eigenvalue weighted by molar-refractivity contribution is 0.909. The van der Waals surface area contributed by atoms with E-state index in [0.717, 1.165) is 18.5 Å². The van der Waals surface area contributed by atoms with Gasteiger partial charge in [-0.2, -0.15) is 0 Å². The summed E-state index contributed by atoms with van der Waals surface area (Å²) in [7, 11) is 0. The third kappa shape index (κ3) is 2.36. The minimum Gasteiger partial charge on any atom is -0.399 e. The number of nitrogens with two attached hydrogens (primary N) is 1. The van der Waals surface area contributed by atoms with Crippen molar-refractivity contribution in [2.45, 2.75) is 19.8 Å². The molecule has 1 heterocycles. The summed E-state index contributed by atoms with van der Waals surface area (Å²) in [6.45, 7) is 2.17. The van der Waals surface area contributed by atoms with Gasteiger partial charge in [0.1, 0.15) is 0 Å². The Bertz CT molecular complexity index is 431. The number of thiazole rings is 1. The summed E-state index contributed by atoms with van der Waals surface area (Å²) >= 11 is 1.76. The van der Waals surface area contributed by atoms with Crippen LogP contribution in [-0.4, -0.2) is 4.98 Å². The van der Waals surface area contributed by atoms with Crippen molar-refractivity contribution in [2.75, 3.05) is 5.73 Å². The predicted molar refractivity (Wildman–Crippen MR) is 66.0 cm³/mol. The van der Waals surface area contributed by atoms with Crippen LogP contribution < -0.4 is 5.73 Å². The summed E-state index contributed by atoms with van der Waals surface area (Å²) in [4.78, 5) is 5.61. The van der Waals surface area contributed by atoms with Crippen LogP contribution in [0.3, 0.4) is 0 Å². The Kier molecular flexibility index (Phi) is 3.02. The van der Waals surface area contributed by atoms with Gasteiger partial charge < -0.3 is 5.73 Å². The van der Waals surface area contributed by atoms with Gasteiger partial charge in [0.05, 0.1) is 9.88 Å². The second kappa shape index (κ2) is 4.45. The standard InChI is InChI=1S/C12H14N2S/c1-2-3-12-14-8-11(15-12)9-4-6-10(13)7-5-9/h4-8H,2-3,13H2,1H3. The molecule has 0 aliphatic heterocycles. The maximum atomic E-state index is 5.65. The van der Waals surface area contributed by atoms with E-state index in [4.69, 9.17) is 5.73 Å². The monoisotopic (exact) mass is 218 g/mol. The number of hydrogen-bond donors (Lipinski definition) is 1. The van der Waals surface area contributed by atoms with E-state index in [0.29, 0.717) is 0 Å². The smallest absolute Gasteiger partial charge is 0.0931 e. The van der Waals surface area contributed by atoms with Crippen molar-refractivity contribution in [2.24, 2.45) is 0 Å². The Hall–Kier alpha value is -1.35. The molecule has 0 bridgehead atoms.